The van der Waals surface area contributed by atoms with E-state index in [1.54, 1.807) is 13.3 Å². The average molecular weight is 228 g/mol. The summed E-state index contributed by atoms with van der Waals surface area (Å²) in [4.78, 5) is 6.42. The molecule has 0 aliphatic carbocycles. The molecular formula is C14H16N2O. The zero-order valence-electron chi connectivity index (χ0n) is 10.1. The molecule has 0 unspecified atom stereocenters. The highest BCUT2D eigenvalue weighted by Crippen LogP contribution is 2.15. The van der Waals surface area contributed by atoms with Gasteiger partial charge < -0.3 is 9.64 Å². The van der Waals surface area contributed by atoms with Crippen LogP contribution in [0.2, 0.25) is 0 Å². The number of hydrogen-bond donors (Lipinski definition) is 0. The summed E-state index contributed by atoms with van der Waals surface area (Å²) in [7, 11) is 3.71. The molecule has 0 aliphatic rings. The third-order valence-electron chi connectivity index (χ3n) is 2.62. The summed E-state index contributed by atoms with van der Waals surface area (Å²) in [5.74, 6) is 1.86. The summed E-state index contributed by atoms with van der Waals surface area (Å²) in [5.41, 5.74) is 1.24. The van der Waals surface area contributed by atoms with Crippen LogP contribution in [0.4, 0.5) is 5.82 Å². The zero-order chi connectivity index (χ0) is 12.1. The van der Waals surface area contributed by atoms with E-state index in [-0.39, 0.29) is 0 Å². The normalized spacial score (nSPS) is 10.0. The predicted octanol–water partition coefficient (Wildman–Crippen LogP) is 2.73. The minimum atomic E-state index is 0.834. The van der Waals surface area contributed by atoms with Gasteiger partial charge in [-0.15, -0.1) is 0 Å². The number of hydrogen-bond acceptors (Lipinski definition) is 3. The molecule has 1 aromatic heterocycles. The van der Waals surface area contributed by atoms with Crippen LogP contribution >= 0.6 is 0 Å². The van der Waals surface area contributed by atoms with Gasteiger partial charge in [-0.3, -0.25) is 0 Å². The average Bonchev–Trinajstić information content (AvgIpc) is 2.40. The van der Waals surface area contributed by atoms with Gasteiger partial charge in [0.15, 0.2) is 0 Å². The van der Waals surface area contributed by atoms with Crippen LogP contribution in [0.3, 0.4) is 0 Å². The molecule has 0 amide bonds. The lowest BCUT2D eigenvalue weighted by atomic mass is 10.2. The molecule has 3 heteroatoms. The van der Waals surface area contributed by atoms with Gasteiger partial charge >= 0.3 is 0 Å². The van der Waals surface area contributed by atoms with Crippen molar-refractivity contribution in [1.82, 2.24) is 4.98 Å². The van der Waals surface area contributed by atoms with Gasteiger partial charge in [0.05, 0.1) is 7.11 Å². The van der Waals surface area contributed by atoms with Crippen molar-refractivity contribution < 1.29 is 4.74 Å². The zero-order valence-corrected chi connectivity index (χ0v) is 10.1. The number of benzene rings is 1. The SMILES string of the molecule is COc1ccc(CN(C)c2ccccn2)cc1. The Labute approximate surface area is 102 Å². The number of methoxy groups -OCH3 is 1. The summed E-state index contributed by atoms with van der Waals surface area (Å²) >= 11 is 0. The maximum atomic E-state index is 5.13. The highest BCUT2D eigenvalue weighted by Gasteiger charge is 2.02. The first-order valence-corrected chi connectivity index (χ1v) is 5.54. The van der Waals surface area contributed by atoms with Gasteiger partial charge in [0.25, 0.3) is 0 Å². The Morgan fingerprint density at radius 2 is 1.88 bits per heavy atom. The van der Waals surface area contributed by atoms with Gasteiger partial charge in [0, 0.05) is 19.8 Å². The molecule has 0 saturated carbocycles. The highest BCUT2D eigenvalue weighted by atomic mass is 16.5. The number of anilines is 1. The fraction of sp³-hybridized carbons (Fsp3) is 0.214. The van der Waals surface area contributed by atoms with E-state index in [1.165, 1.54) is 5.56 Å². The van der Waals surface area contributed by atoms with E-state index in [2.05, 4.69) is 22.0 Å². The van der Waals surface area contributed by atoms with E-state index in [1.807, 2.05) is 37.4 Å². The number of ether oxygens (including phenoxy) is 1. The Kier molecular flexibility index (Phi) is 3.60. The minimum Gasteiger partial charge on any atom is -0.497 e. The second kappa shape index (κ2) is 5.34. The lowest BCUT2D eigenvalue weighted by molar-refractivity contribution is 0.414. The molecule has 0 fully saturated rings. The van der Waals surface area contributed by atoms with Crippen LogP contribution in [0.5, 0.6) is 5.75 Å². The number of aromatic nitrogens is 1. The van der Waals surface area contributed by atoms with Gasteiger partial charge in [-0.25, -0.2) is 4.98 Å². The second-order valence-electron chi connectivity index (χ2n) is 3.89. The Morgan fingerprint density at radius 1 is 1.12 bits per heavy atom. The summed E-state index contributed by atoms with van der Waals surface area (Å²) in [5, 5.41) is 0. The molecule has 3 nitrogen and oxygen atoms in total. The summed E-state index contributed by atoms with van der Waals surface area (Å²) in [6, 6.07) is 14.0. The van der Waals surface area contributed by atoms with E-state index in [4.69, 9.17) is 4.74 Å². The van der Waals surface area contributed by atoms with Crippen molar-refractivity contribution in [2.24, 2.45) is 0 Å². The summed E-state index contributed by atoms with van der Waals surface area (Å²) in [6.07, 6.45) is 1.81. The Hall–Kier alpha value is -2.03. The molecule has 0 bridgehead atoms. The van der Waals surface area contributed by atoms with E-state index >= 15 is 0 Å². The van der Waals surface area contributed by atoms with Crippen molar-refractivity contribution in [3.8, 4) is 5.75 Å². The van der Waals surface area contributed by atoms with Crippen LogP contribution in [-0.4, -0.2) is 19.1 Å². The number of rotatable bonds is 4. The molecule has 2 aromatic rings. The van der Waals surface area contributed by atoms with Crippen molar-refractivity contribution in [3.63, 3.8) is 0 Å². The Morgan fingerprint density at radius 3 is 2.47 bits per heavy atom. The lowest BCUT2D eigenvalue weighted by Gasteiger charge is -2.18. The quantitative estimate of drug-likeness (QED) is 0.804. The molecule has 88 valence electrons. The van der Waals surface area contributed by atoms with Gasteiger partial charge in [-0.05, 0) is 29.8 Å². The van der Waals surface area contributed by atoms with Crippen molar-refractivity contribution >= 4 is 5.82 Å². The Bertz CT molecular complexity index is 453. The maximum Gasteiger partial charge on any atom is 0.128 e. The highest BCUT2D eigenvalue weighted by molar-refractivity contribution is 5.38. The molecule has 0 aliphatic heterocycles. The van der Waals surface area contributed by atoms with E-state index in [9.17, 15) is 0 Å². The fourth-order valence-electron chi connectivity index (χ4n) is 1.67. The molecule has 1 aromatic carbocycles. The fourth-order valence-corrected chi connectivity index (χ4v) is 1.67. The van der Waals surface area contributed by atoms with E-state index in [0.717, 1.165) is 18.1 Å². The molecule has 0 spiro atoms. The largest absolute Gasteiger partial charge is 0.497 e. The third kappa shape index (κ3) is 2.97. The molecule has 1 heterocycles. The molecule has 0 radical (unpaired) electrons. The van der Waals surface area contributed by atoms with Crippen LogP contribution < -0.4 is 9.64 Å². The molecule has 0 N–H and O–H groups in total. The first kappa shape index (κ1) is 11.5. The molecular weight excluding hydrogens is 212 g/mol. The van der Waals surface area contributed by atoms with Gasteiger partial charge in [0.2, 0.25) is 0 Å². The molecule has 0 atom stereocenters. The van der Waals surface area contributed by atoms with Crippen LogP contribution in [0, 0.1) is 0 Å². The molecule has 17 heavy (non-hydrogen) atoms. The third-order valence-corrected chi connectivity index (χ3v) is 2.62. The monoisotopic (exact) mass is 228 g/mol. The minimum absolute atomic E-state index is 0.834. The molecule has 2 rings (SSSR count). The van der Waals surface area contributed by atoms with Crippen molar-refractivity contribution in [2.45, 2.75) is 6.54 Å². The first-order valence-electron chi connectivity index (χ1n) is 5.54. The molecule has 0 saturated heterocycles. The smallest absolute Gasteiger partial charge is 0.128 e. The van der Waals surface area contributed by atoms with Crippen molar-refractivity contribution in [3.05, 3.63) is 54.2 Å². The number of pyridine rings is 1. The van der Waals surface area contributed by atoms with Gasteiger partial charge in [0.1, 0.15) is 11.6 Å². The van der Waals surface area contributed by atoms with E-state index < -0.39 is 0 Å². The van der Waals surface area contributed by atoms with Crippen LogP contribution in [0.15, 0.2) is 48.7 Å². The summed E-state index contributed by atoms with van der Waals surface area (Å²) < 4.78 is 5.13. The summed E-state index contributed by atoms with van der Waals surface area (Å²) in [6.45, 7) is 0.834. The van der Waals surface area contributed by atoms with E-state index in [0.29, 0.717) is 0 Å². The van der Waals surface area contributed by atoms with Crippen molar-refractivity contribution in [1.29, 1.82) is 0 Å². The number of nitrogens with zero attached hydrogens (tertiary/aromatic N) is 2. The van der Waals surface area contributed by atoms with Crippen LogP contribution in [0.1, 0.15) is 5.56 Å². The Balaban J connectivity index is 2.05. The lowest BCUT2D eigenvalue weighted by Crippen LogP contribution is -2.17. The topological polar surface area (TPSA) is 25.4 Å². The van der Waals surface area contributed by atoms with Crippen LogP contribution in [-0.2, 0) is 6.54 Å². The van der Waals surface area contributed by atoms with Crippen LogP contribution in [0.25, 0.3) is 0 Å². The first-order chi connectivity index (χ1) is 8.29. The second-order valence-corrected chi connectivity index (χ2v) is 3.89. The van der Waals surface area contributed by atoms with Crippen molar-refractivity contribution in [2.75, 3.05) is 19.1 Å². The maximum absolute atomic E-state index is 5.13. The predicted molar refractivity (Wildman–Crippen MR) is 69.3 cm³/mol. The van der Waals surface area contributed by atoms with Gasteiger partial charge in [-0.2, -0.15) is 0 Å². The van der Waals surface area contributed by atoms with Gasteiger partial charge in [-0.1, -0.05) is 18.2 Å². The standard InChI is InChI=1S/C14H16N2O/c1-16(14-5-3-4-10-15-14)11-12-6-8-13(17-2)9-7-12/h3-10H,11H2,1-2H3.